The van der Waals surface area contributed by atoms with Crippen LogP contribution in [-0.2, 0) is 0 Å². The molecule has 0 saturated carbocycles. The zero-order chi connectivity index (χ0) is 12.7. The second kappa shape index (κ2) is 4.67. The normalized spacial score (nSPS) is 34.6. The highest BCUT2D eigenvalue weighted by Gasteiger charge is 2.40. The average molecular weight is 264 g/mol. The molecule has 1 aromatic rings. The van der Waals surface area contributed by atoms with Gasteiger partial charge in [-0.15, -0.1) is 11.3 Å². The molecule has 4 heteroatoms. The summed E-state index contributed by atoms with van der Waals surface area (Å²) in [6, 6.07) is 4.77. The number of hydrogen-bond acceptors (Lipinski definition) is 3. The summed E-state index contributed by atoms with van der Waals surface area (Å²) in [4.78, 5) is 16.8. The van der Waals surface area contributed by atoms with E-state index in [9.17, 15) is 4.79 Å². The average Bonchev–Trinajstić information content (AvgIpc) is 2.81. The molecule has 4 heterocycles. The molecule has 3 saturated heterocycles. The summed E-state index contributed by atoms with van der Waals surface area (Å²) in [7, 11) is 0. The molecule has 3 fully saturated rings. The molecule has 2 bridgehead atoms. The number of thiophene rings is 1. The zero-order valence-corrected chi connectivity index (χ0v) is 11.8. The number of carbonyl (C=O) groups excluding carboxylic acids is 1. The summed E-state index contributed by atoms with van der Waals surface area (Å²) >= 11 is 1.58. The quantitative estimate of drug-likeness (QED) is 0.888. The number of amides is 1. The van der Waals surface area contributed by atoms with Gasteiger partial charge in [-0.2, -0.15) is 0 Å². The van der Waals surface area contributed by atoms with Crippen LogP contribution in [0.5, 0.6) is 0 Å². The van der Waals surface area contributed by atoms with E-state index < -0.39 is 0 Å². The molecule has 3 nitrogen and oxygen atoms in total. The van der Waals surface area contributed by atoms with Crippen molar-refractivity contribution in [3.63, 3.8) is 0 Å². The first-order chi connectivity index (χ1) is 8.65. The van der Waals surface area contributed by atoms with Gasteiger partial charge in [0.2, 0.25) is 0 Å². The Hall–Kier alpha value is -0.870. The van der Waals surface area contributed by atoms with Crippen LogP contribution in [0.3, 0.4) is 0 Å². The molecule has 98 valence electrons. The highest BCUT2D eigenvalue weighted by atomic mass is 32.1. The van der Waals surface area contributed by atoms with E-state index in [4.69, 9.17) is 0 Å². The monoisotopic (exact) mass is 264 g/mol. The van der Waals surface area contributed by atoms with E-state index in [-0.39, 0.29) is 5.91 Å². The maximum Gasteiger partial charge on any atom is 0.261 e. The standard InChI is InChI=1S/C14H20N2OS/c1-9-3-4-12(18-9)14(17)15-13-10(2)16-7-5-11(13)6-8-16/h3-4,10-11,13H,5-8H2,1-2H3,(H,15,17)/t10-,13-/m0/s1. The minimum atomic E-state index is 0.110. The summed E-state index contributed by atoms with van der Waals surface area (Å²) in [5.41, 5.74) is 0. The fourth-order valence-corrected chi connectivity index (χ4v) is 4.10. The molecule has 0 spiro atoms. The summed E-state index contributed by atoms with van der Waals surface area (Å²) in [6.07, 6.45) is 2.47. The smallest absolute Gasteiger partial charge is 0.261 e. The predicted octanol–water partition coefficient (Wildman–Crippen LogP) is 2.27. The number of piperidine rings is 3. The maximum atomic E-state index is 12.2. The van der Waals surface area contributed by atoms with Gasteiger partial charge in [0.1, 0.15) is 0 Å². The highest BCUT2D eigenvalue weighted by molar-refractivity contribution is 7.13. The predicted molar refractivity (Wildman–Crippen MR) is 74.1 cm³/mol. The fraction of sp³-hybridized carbons (Fsp3) is 0.643. The molecule has 1 N–H and O–H groups in total. The Balaban J connectivity index is 1.71. The molecule has 1 aromatic heterocycles. The maximum absolute atomic E-state index is 12.2. The van der Waals surface area contributed by atoms with Crippen LogP contribution in [0.15, 0.2) is 12.1 Å². The number of carbonyl (C=O) groups is 1. The third kappa shape index (κ3) is 2.08. The number of fused-ring (bicyclic) bond motifs is 3. The number of rotatable bonds is 2. The van der Waals surface area contributed by atoms with E-state index >= 15 is 0 Å². The van der Waals surface area contributed by atoms with E-state index in [0.29, 0.717) is 18.0 Å². The largest absolute Gasteiger partial charge is 0.347 e. The lowest BCUT2D eigenvalue weighted by Crippen LogP contribution is -2.62. The van der Waals surface area contributed by atoms with E-state index in [1.807, 2.05) is 19.1 Å². The lowest BCUT2D eigenvalue weighted by atomic mass is 9.79. The minimum Gasteiger partial charge on any atom is -0.347 e. The number of hydrogen-bond donors (Lipinski definition) is 1. The Kier molecular flexibility index (Phi) is 3.16. The Bertz CT molecular complexity index is 446. The summed E-state index contributed by atoms with van der Waals surface area (Å²) < 4.78 is 0. The topological polar surface area (TPSA) is 32.3 Å². The second-order valence-electron chi connectivity index (χ2n) is 5.52. The van der Waals surface area contributed by atoms with E-state index in [1.54, 1.807) is 11.3 Å². The van der Waals surface area contributed by atoms with Gasteiger partial charge in [-0.25, -0.2) is 0 Å². The number of aryl methyl sites for hydroxylation is 1. The van der Waals surface area contributed by atoms with Gasteiger partial charge in [-0.05, 0) is 57.8 Å². The Morgan fingerprint density at radius 1 is 1.39 bits per heavy atom. The van der Waals surface area contributed by atoms with Crippen LogP contribution in [0, 0.1) is 12.8 Å². The van der Waals surface area contributed by atoms with Gasteiger partial charge >= 0.3 is 0 Å². The van der Waals surface area contributed by atoms with Crippen molar-refractivity contribution in [2.75, 3.05) is 13.1 Å². The van der Waals surface area contributed by atoms with Crippen LogP contribution in [0.2, 0.25) is 0 Å². The van der Waals surface area contributed by atoms with Crippen molar-refractivity contribution < 1.29 is 4.79 Å². The van der Waals surface area contributed by atoms with E-state index in [2.05, 4.69) is 17.1 Å². The van der Waals surface area contributed by atoms with Crippen molar-refractivity contribution in [2.24, 2.45) is 5.92 Å². The molecule has 18 heavy (non-hydrogen) atoms. The Labute approximate surface area is 112 Å². The lowest BCUT2D eigenvalue weighted by Gasteiger charge is -2.49. The molecule has 4 rings (SSSR count). The number of nitrogens with one attached hydrogen (secondary N) is 1. The van der Waals surface area contributed by atoms with E-state index in [1.165, 1.54) is 30.8 Å². The first-order valence-corrected chi connectivity index (χ1v) is 7.58. The molecule has 2 atom stereocenters. The van der Waals surface area contributed by atoms with Gasteiger partial charge in [-0.3, -0.25) is 9.69 Å². The van der Waals surface area contributed by atoms with Gasteiger partial charge in [0.15, 0.2) is 0 Å². The zero-order valence-electron chi connectivity index (χ0n) is 11.0. The van der Waals surface area contributed by atoms with Crippen LogP contribution in [0.1, 0.15) is 34.3 Å². The summed E-state index contributed by atoms with van der Waals surface area (Å²) in [5, 5.41) is 3.26. The van der Waals surface area contributed by atoms with Crippen LogP contribution in [0.4, 0.5) is 0 Å². The summed E-state index contributed by atoms with van der Waals surface area (Å²) in [6.45, 7) is 6.70. The Morgan fingerprint density at radius 3 is 2.67 bits per heavy atom. The van der Waals surface area contributed by atoms with Crippen LogP contribution >= 0.6 is 11.3 Å². The van der Waals surface area contributed by atoms with Crippen LogP contribution < -0.4 is 5.32 Å². The molecule has 0 aromatic carbocycles. The molecule has 1 amide bonds. The number of nitrogens with zero attached hydrogens (tertiary/aromatic N) is 1. The van der Waals surface area contributed by atoms with Gasteiger partial charge < -0.3 is 5.32 Å². The minimum absolute atomic E-state index is 0.110. The van der Waals surface area contributed by atoms with Crippen LogP contribution in [0.25, 0.3) is 0 Å². The third-order valence-electron chi connectivity index (χ3n) is 4.44. The summed E-state index contributed by atoms with van der Waals surface area (Å²) in [5.74, 6) is 0.786. The first-order valence-electron chi connectivity index (χ1n) is 6.76. The first kappa shape index (κ1) is 12.2. The van der Waals surface area contributed by atoms with Gasteiger partial charge in [0, 0.05) is 17.0 Å². The fourth-order valence-electron chi connectivity index (χ4n) is 3.32. The Morgan fingerprint density at radius 2 is 2.11 bits per heavy atom. The SMILES string of the molecule is Cc1ccc(C(=O)N[C@@H]2C3CCN(CC3)[C@H]2C)s1. The van der Waals surface area contributed by atoms with Crippen LogP contribution in [-0.4, -0.2) is 36.0 Å². The third-order valence-corrected chi connectivity index (χ3v) is 5.44. The van der Waals surface area contributed by atoms with E-state index in [0.717, 1.165) is 4.88 Å². The van der Waals surface area contributed by atoms with Crippen molar-refractivity contribution in [1.29, 1.82) is 0 Å². The molecule has 0 aliphatic carbocycles. The molecule has 3 aliphatic heterocycles. The highest BCUT2D eigenvalue weighted by Crippen LogP contribution is 2.32. The van der Waals surface area contributed by atoms with Gasteiger partial charge in [0.25, 0.3) is 5.91 Å². The van der Waals surface area contributed by atoms with Crippen molar-refractivity contribution in [1.82, 2.24) is 10.2 Å². The molecular formula is C14H20N2OS. The van der Waals surface area contributed by atoms with Gasteiger partial charge in [-0.1, -0.05) is 0 Å². The lowest BCUT2D eigenvalue weighted by molar-refractivity contribution is 0.0218. The van der Waals surface area contributed by atoms with Crippen molar-refractivity contribution in [3.05, 3.63) is 21.9 Å². The molecule has 0 radical (unpaired) electrons. The van der Waals surface area contributed by atoms with Crippen molar-refractivity contribution >= 4 is 17.2 Å². The van der Waals surface area contributed by atoms with Gasteiger partial charge in [0.05, 0.1) is 4.88 Å². The molecule has 0 unspecified atom stereocenters. The van der Waals surface area contributed by atoms with Crippen molar-refractivity contribution in [2.45, 2.75) is 38.8 Å². The molecule has 3 aliphatic rings. The second-order valence-corrected chi connectivity index (χ2v) is 6.81. The van der Waals surface area contributed by atoms with Crippen molar-refractivity contribution in [3.8, 4) is 0 Å². The molecular weight excluding hydrogens is 244 g/mol.